The van der Waals surface area contributed by atoms with Crippen LogP contribution in [0, 0.1) is 5.82 Å². The lowest BCUT2D eigenvalue weighted by molar-refractivity contribution is 0.110. The molecule has 1 unspecified atom stereocenters. The Labute approximate surface area is 183 Å². The third kappa shape index (κ3) is 4.24. The fourth-order valence-corrected chi connectivity index (χ4v) is 3.52. The van der Waals surface area contributed by atoms with E-state index in [2.05, 4.69) is 5.32 Å². The predicted octanol–water partition coefficient (Wildman–Crippen LogP) is 4.40. The molecule has 0 aliphatic rings. The first-order chi connectivity index (χ1) is 15.5. The highest BCUT2D eigenvalue weighted by Crippen LogP contribution is 2.32. The van der Waals surface area contributed by atoms with E-state index in [1.807, 2.05) is 41.3 Å². The van der Waals surface area contributed by atoms with Crippen LogP contribution in [0.4, 0.5) is 27.1 Å². The van der Waals surface area contributed by atoms with Gasteiger partial charge in [-0.2, -0.15) is 0 Å². The zero-order valence-electron chi connectivity index (χ0n) is 17.3. The number of nitrogens with zero attached hydrogens (tertiary/aromatic N) is 1. The van der Waals surface area contributed by atoms with Gasteiger partial charge in [-0.05, 0) is 48.0 Å². The molecular formula is C25H21FN2O4. The molecule has 1 atom stereocenters. The molecule has 0 radical (unpaired) electrons. The number of ether oxygens (including phenoxy) is 1. The maximum atomic E-state index is 13.6. The monoisotopic (exact) mass is 432 g/mol. The molecule has 32 heavy (non-hydrogen) atoms. The Morgan fingerprint density at radius 2 is 1.66 bits per heavy atom. The van der Waals surface area contributed by atoms with Crippen molar-refractivity contribution in [3.63, 3.8) is 0 Å². The molecule has 0 bridgehead atoms. The fraction of sp³-hybridized carbons (Fsp3) is 0.120. The minimum Gasteiger partial charge on any atom is -0.502 e. The summed E-state index contributed by atoms with van der Waals surface area (Å²) in [5.74, 6) is -0.912. The smallest absolute Gasteiger partial charge is 0.271 e. The molecule has 7 heteroatoms. The first kappa shape index (κ1) is 21.3. The van der Waals surface area contributed by atoms with E-state index < -0.39 is 16.6 Å². The number of anilines is 4. The SMILES string of the molecule is COC(CN(c1ccc(F)cc1)c1cccc(Nc2c(O)c(=O)c2=O)c1)c1ccccc1. The number of hydrogen-bond acceptors (Lipinski definition) is 6. The van der Waals surface area contributed by atoms with Gasteiger partial charge in [0.15, 0.2) is 5.75 Å². The van der Waals surface area contributed by atoms with Crippen LogP contribution in [-0.4, -0.2) is 18.8 Å². The molecule has 0 amide bonds. The van der Waals surface area contributed by atoms with Gasteiger partial charge >= 0.3 is 0 Å². The Kier molecular flexibility index (Phi) is 6.00. The predicted molar refractivity (Wildman–Crippen MR) is 122 cm³/mol. The Bertz CT molecular complexity index is 1280. The van der Waals surface area contributed by atoms with Crippen LogP contribution in [-0.2, 0) is 4.74 Å². The molecule has 0 spiro atoms. The molecule has 0 saturated carbocycles. The standard InChI is InChI=1S/C25H21FN2O4/c1-32-21(16-6-3-2-4-7-16)15-28(19-12-10-17(26)11-13-19)20-9-5-8-18(14-20)27-22-23(29)25(31)24(22)30/h2-14,21,27,29H,15H2,1H3. The van der Waals surface area contributed by atoms with Crippen LogP contribution in [0.2, 0.25) is 0 Å². The van der Waals surface area contributed by atoms with E-state index in [4.69, 9.17) is 4.74 Å². The number of methoxy groups -OCH3 is 1. The van der Waals surface area contributed by atoms with Crippen molar-refractivity contribution < 1.29 is 14.2 Å². The van der Waals surface area contributed by atoms with Gasteiger partial charge in [-0.3, -0.25) is 9.59 Å². The summed E-state index contributed by atoms with van der Waals surface area (Å²) in [6.07, 6.45) is -0.268. The zero-order valence-corrected chi connectivity index (χ0v) is 17.3. The van der Waals surface area contributed by atoms with E-state index in [1.54, 1.807) is 37.4 Å². The van der Waals surface area contributed by atoms with Crippen LogP contribution in [0.15, 0.2) is 88.5 Å². The second-order valence-electron chi connectivity index (χ2n) is 7.28. The molecule has 4 aromatic carbocycles. The number of rotatable bonds is 8. The third-order valence-electron chi connectivity index (χ3n) is 5.25. The second kappa shape index (κ2) is 9.03. The van der Waals surface area contributed by atoms with Gasteiger partial charge in [-0.1, -0.05) is 36.4 Å². The van der Waals surface area contributed by atoms with Gasteiger partial charge in [0.2, 0.25) is 0 Å². The molecule has 6 nitrogen and oxygen atoms in total. The molecule has 0 aliphatic heterocycles. The molecule has 162 valence electrons. The summed E-state index contributed by atoms with van der Waals surface area (Å²) >= 11 is 0. The molecule has 4 aromatic rings. The molecule has 0 fully saturated rings. The van der Waals surface area contributed by atoms with Gasteiger partial charge in [0.25, 0.3) is 10.9 Å². The molecule has 0 aromatic heterocycles. The van der Waals surface area contributed by atoms with Crippen LogP contribution in [0.25, 0.3) is 0 Å². The number of nitrogens with one attached hydrogen (secondary N) is 1. The lowest BCUT2D eigenvalue weighted by Gasteiger charge is -2.29. The summed E-state index contributed by atoms with van der Waals surface area (Å²) in [7, 11) is 1.63. The topological polar surface area (TPSA) is 78.9 Å². The van der Waals surface area contributed by atoms with Crippen LogP contribution >= 0.6 is 0 Å². The normalized spacial score (nSPS) is 11.9. The van der Waals surface area contributed by atoms with Gasteiger partial charge in [-0.25, -0.2) is 4.39 Å². The number of hydrogen-bond donors (Lipinski definition) is 2. The average molecular weight is 432 g/mol. The van der Waals surface area contributed by atoms with Crippen molar-refractivity contribution in [1.29, 1.82) is 0 Å². The minimum absolute atomic E-state index is 0.125. The Hall–Kier alpha value is -3.97. The maximum absolute atomic E-state index is 13.6. The number of aromatic hydroxyl groups is 1. The first-order valence-electron chi connectivity index (χ1n) is 9.98. The largest absolute Gasteiger partial charge is 0.502 e. The summed E-state index contributed by atoms with van der Waals surface area (Å²) in [4.78, 5) is 25.0. The fourth-order valence-electron chi connectivity index (χ4n) is 3.52. The minimum atomic E-state index is -0.901. The van der Waals surface area contributed by atoms with E-state index >= 15 is 0 Å². The van der Waals surface area contributed by atoms with E-state index in [0.717, 1.165) is 16.9 Å². The summed E-state index contributed by atoms with van der Waals surface area (Å²) in [6.45, 7) is 0.432. The van der Waals surface area contributed by atoms with Gasteiger partial charge in [-0.15, -0.1) is 0 Å². The van der Waals surface area contributed by atoms with Crippen LogP contribution in [0.5, 0.6) is 5.75 Å². The molecule has 4 rings (SSSR count). The highest BCUT2D eigenvalue weighted by Gasteiger charge is 2.21. The molecule has 2 N–H and O–H groups in total. The summed E-state index contributed by atoms with van der Waals surface area (Å²) in [5.41, 5.74) is 1.22. The average Bonchev–Trinajstić information content (AvgIpc) is 2.84. The van der Waals surface area contributed by atoms with Gasteiger partial charge in [0, 0.05) is 24.2 Å². The highest BCUT2D eigenvalue weighted by molar-refractivity contribution is 5.73. The second-order valence-corrected chi connectivity index (χ2v) is 7.28. The van der Waals surface area contributed by atoms with Crippen LogP contribution in [0.1, 0.15) is 11.7 Å². The Balaban J connectivity index is 1.69. The van der Waals surface area contributed by atoms with Crippen LogP contribution < -0.4 is 21.1 Å². The van der Waals surface area contributed by atoms with Crippen molar-refractivity contribution in [1.82, 2.24) is 0 Å². The van der Waals surface area contributed by atoms with E-state index in [9.17, 15) is 19.1 Å². The molecule has 0 aliphatic carbocycles. The van der Waals surface area contributed by atoms with Crippen molar-refractivity contribution in [3.8, 4) is 5.75 Å². The summed E-state index contributed by atoms with van der Waals surface area (Å²) in [5, 5.41) is 12.5. The van der Waals surface area contributed by atoms with Gasteiger partial charge in [0.1, 0.15) is 11.5 Å². The first-order valence-corrected chi connectivity index (χ1v) is 9.98. The summed E-state index contributed by atoms with van der Waals surface area (Å²) < 4.78 is 19.3. The van der Waals surface area contributed by atoms with E-state index in [1.165, 1.54) is 12.1 Å². The lowest BCUT2D eigenvalue weighted by Crippen LogP contribution is -2.32. The molecular weight excluding hydrogens is 411 g/mol. The van der Waals surface area contributed by atoms with Crippen molar-refractivity contribution in [2.45, 2.75) is 6.10 Å². The Morgan fingerprint density at radius 1 is 0.938 bits per heavy atom. The van der Waals surface area contributed by atoms with Gasteiger partial charge in [0.05, 0.1) is 12.6 Å². The number of halogens is 1. The van der Waals surface area contributed by atoms with Crippen molar-refractivity contribution in [2.24, 2.45) is 0 Å². The number of benzene rings is 3. The van der Waals surface area contributed by atoms with Crippen molar-refractivity contribution in [3.05, 3.63) is 111 Å². The molecule has 0 heterocycles. The Morgan fingerprint density at radius 3 is 2.31 bits per heavy atom. The quantitative estimate of drug-likeness (QED) is 0.402. The van der Waals surface area contributed by atoms with Crippen LogP contribution in [0.3, 0.4) is 0 Å². The van der Waals surface area contributed by atoms with E-state index in [0.29, 0.717) is 12.2 Å². The summed E-state index contributed by atoms with van der Waals surface area (Å²) in [6, 6.07) is 23.0. The third-order valence-corrected chi connectivity index (χ3v) is 5.25. The molecule has 0 saturated heterocycles. The van der Waals surface area contributed by atoms with Gasteiger partial charge < -0.3 is 20.1 Å². The maximum Gasteiger partial charge on any atom is 0.271 e. The zero-order chi connectivity index (χ0) is 22.7. The van der Waals surface area contributed by atoms with Crippen molar-refractivity contribution >= 4 is 22.7 Å². The lowest BCUT2D eigenvalue weighted by atomic mass is 10.1. The highest BCUT2D eigenvalue weighted by atomic mass is 19.1. The van der Waals surface area contributed by atoms with E-state index in [-0.39, 0.29) is 17.6 Å². The van der Waals surface area contributed by atoms with Crippen molar-refractivity contribution in [2.75, 3.05) is 23.9 Å².